The van der Waals surface area contributed by atoms with Crippen LogP contribution in [0.2, 0.25) is 5.02 Å². The van der Waals surface area contributed by atoms with Crippen LogP contribution in [-0.2, 0) is 4.79 Å². The molecule has 0 saturated carbocycles. The van der Waals surface area contributed by atoms with Gasteiger partial charge in [0.15, 0.2) is 5.78 Å². The number of Topliss-reactive ketones (excluding diaryl/α,β-unsaturated/α-hetero) is 1. The van der Waals surface area contributed by atoms with Crippen molar-refractivity contribution < 1.29 is 14.3 Å². The number of hydrogen-bond donors (Lipinski definition) is 2. The number of amidine groups is 1. The monoisotopic (exact) mass is 500 g/mol. The number of nitrogens with one attached hydrogen (secondary N) is 1. The van der Waals surface area contributed by atoms with Crippen LogP contribution >= 0.6 is 11.6 Å². The molecule has 1 aliphatic heterocycles. The molecule has 3 aromatic carbocycles. The number of nitrogens with zero attached hydrogens (tertiary/aromatic N) is 1. The molecule has 3 aromatic rings. The summed E-state index contributed by atoms with van der Waals surface area (Å²) >= 11 is 6.45. The van der Waals surface area contributed by atoms with Crippen molar-refractivity contribution in [3.8, 4) is 0 Å². The van der Waals surface area contributed by atoms with Crippen LogP contribution in [0.5, 0.6) is 0 Å². The van der Waals surface area contributed by atoms with E-state index in [1.807, 2.05) is 38.1 Å². The molecular formula is C30H26ClFN2O2. The highest BCUT2D eigenvalue weighted by Gasteiger charge is 2.44. The van der Waals surface area contributed by atoms with Gasteiger partial charge in [0.2, 0.25) is 0 Å². The zero-order valence-corrected chi connectivity index (χ0v) is 20.9. The fourth-order valence-corrected chi connectivity index (χ4v) is 5.26. The number of aryl methyl sites for hydroxylation is 2. The van der Waals surface area contributed by atoms with Gasteiger partial charge < -0.3 is 5.11 Å². The average Bonchev–Trinajstić information content (AvgIpc) is 2.86. The summed E-state index contributed by atoms with van der Waals surface area (Å²) in [6.07, 6.45) is 1.52. The maximum absolute atomic E-state index is 15.3. The number of benzene rings is 3. The number of allylic oxidation sites excluding steroid dienone is 2. The maximum Gasteiger partial charge on any atom is 0.161 e. The van der Waals surface area contributed by atoms with Gasteiger partial charge in [-0.3, -0.25) is 15.1 Å². The van der Waals surface area contributed by atoms with E-state index in [1.165, 1.54) is 6.07 Å². The van der Waals surface area contributed by atoms with Gasteiger partial charge in [0.05, 0.1) is 0 Å². The van der Waals surface area contributed by atoms with E-state index in [-0.39, 0.29) is 28.5 Å². The van der Waals surface area contributed by atoms with Crippen LogP contribution in [0.3, 0.4) is 0 Å². The van der Waals surface area contributed by atoms with Gasteiger partial charge in [-0.2, -0.15) is 0 Å². The first-order valence-corrected chi connectivity index (χ1v) is 12.3. The molecule has 1 unspecified atom stereocenters. The van der Waals surface area contributed by atoms with E-state index in [4.69, 9.17) is 11.6 Å². The van der Waals surface area contributed by atoms with Crippen molar-refractivity contribution in [3.63, 3.8) is 0 Å². The second-order valence-corrected chi connectivity index (χ2v) is 9.74. The van der Waals surface area contributed by atoms with Crippen LogP contribution in [0.4, 0.5) is 10.1 Å². The van der Waals surface area contributed by atoms with Crippen LogP contribution in [0, 0.1) is 25.1 Å². The SMILES string of the molecule is Cc1ccc(/C(O)=C2\C(=N)N(c3ccc(C)c(Cl)c3)C3=C(C(=O)CCC3)C2c2ccccc2F)cc1. The molecule has 182 valence electrons. The smallest absolute Gasteiger partial charge is 0.161 e. The number of aliphatic hydroxyl groups excluding tert-OH is 1. The van der Waals surface area contributed by atoms with Crippen molar-refractivity contribution in [1.82, 2.24) is 0 Å². The van der Waals surface area contributed by atoms with Gasteiger partial charge in [-0.1, -0.05) is 65.7 Å². The standard InChI is InChI=1S/C30H26ClFN2O2/c1-17-10-13-19(14-11-17)29(36)28-26(21-6-3-4-7-23(21)32)27-24(8-5-9-25(27)35)34(30(28)33)20-15-12-18(2)22(31)16-20/h3-4,6-7,10-16,26,33,36H,5,8-9H2,1-2H3/b29-28+,33-30?. The number of aliphatic hydroxyl groups is 1. The Morgan fingerprint density at radius 1 is 1.06 bits per heavy atom. The molecule has 1 heterocycles. The largest absolute Gasteiger partial charge is 0.507 e. The molecule has 0 aromatic heterocycles. The van der Waals surface area contributed by atoms with Crippen molar-refractivity contribution in [3.05, 3.63) is 117 Å². The summed E-state index contributed by atoms with van der Waals surface area (Å²) < 4.78 is 15.3. The molecule has 0 radical (unpaired) electrons. The van der Waals surface area contributed by atoms with Crippen LogP contribution in [0.15, 0.2) is 83.6 Å². The molecule has 4 nitrogen and oxygen atoms in total. The van der Waals surface area contributed by atoms with E-state index in [0.717, 1.165) is 11.1 Å². The molecule has 1 atom stereocenters. The Kier molecular flexibility index (Phi) is 6.27. The highest BCUT2D eigenvalue weighted by molar-refractivity contribution is 6.32. The lowest BCUT2D eigenvalue weighted by atomic mass is 9.73. The number of carbonyl (C=O) groups is 1. The molecule has 5 rings (SSSR count). The first kappa shape index (κ1) is 24.0. The number of hydrogen-bond acceptors (Lipinski definition) is 3. The second-order valence-electron chi connectivity index (χ2n) is 9.34. The van der Waals surface area contributed by atoms with Crippen LogP contribution in [0.25, 0.3) is 5.76 Å². The normalized spacial score (nSPS) is 19.4. The fourth-order valence-electron chi connectivity index (χ4n) is 5.08. The van der Waals surface area contributed by atoms with Gasteiger partial charge in [-0.25, -0.2) is 4.39 Å². The van der Waals surface area contributed by atoms with E-state index in [0.29, 0.717) is 46.8 Å². The van der Waals surface area contributed by atoms with Crippen molar-refractivity contribution in [1.29, 1.82) is 5.41 Å². The Hall–Kier alpha value is -3.70. The molecule has 0 spiro atoms. The van der Waals surface area contributed by atoms with Crippen molar-refractivity contribution >= 4 is 34.7 Å². The van der Waals surface area contributed by atoms with Crippen molar-refractivity contribution in [2.75, 3.05) is 4.90 Å². The summed E-state index contributed by atoms with van der Waals surface area (Å²) in [4.78, 5) is 15.2. The third kappa shape index (κ3) is 4.03. The Labute approximate surface area is 214 Å². The molecule has 36 heavy (non-hydrogen) atoms. The van der Waals surface area contributed by atoms with Gasteiger partial charge in [0, 0.05) is 51.0 Å². The molecule has 2 aliphatic rings. The van der Waals surface area contributed by atoms with Gasteiger partial charge in [0.25, 0.3) is 0 Å². The second kappa shape index (κ2) is 9.40. The molecule has 0 saturated heterocycles. The van der Waals surface area contributed by atoms with E-state index in [9.17, 15) is 15.3 Å². The van der Waals surface area contributed by atoms with Crippen LogP contribution in [-0.4, -0.2) is 16.7 Å². The van der Waals surface area contributed by atoms with E-state index in [1.54, 1.807) is 41.3 Å². The predicted molar refractivity (Wildman–Crippen MR) is 142 cm³/mol. The Bertz CT molecular complexity index is 1460. The average molecular weight is 501 g/mol. The molecule has 1 aliphatic carbocycles. The molecule has 6 heteroatoms. The van der Waals surface area contributed by atoms with Crippen molar-refractivity contribution in [2.24, 2.45) is 0 Å². The van der Waals surface area contributed by atoms with Gasteiger partial charge in [0.1, 0.15) is 17.4 Å². The summed E-state index contributed by atoms with van der Waals surface area (Å²) in [5, 5.41) is 21.5. The topological polar surface area (TPSA) is 64.4 Å². The third-order valence-electron chi connectivity index (χ3n) is 6.96. The summed E-state index contributed by atoms with van der Waals surface area (Å²) in [7, 11) is 0. The van der Waals surface area contributed by atoms with Gasteiger partial charge in [-0.05, 0) is 50.5 Å². The molecule has 0 fully saturated rings. The summed E-state index contributed by atoms with van der Waals surface area (Å²) in [5.41, 5.74) is 4.56. The quantitative estimate of drug-likeness (QED) is 0.363. The number of carbonyl (C=O) groups excluding carboxylic acids is 1. The Morgan fingerprint density at radius 3 is 2.47 bits per heavy atom. The highest BCUT2D eigenvalue weighted by Crippen LogP contribution is 2.48. The number of ketones is 1. The first-order chi connectivity index (χ1) is 17.3. The molecule has 0 bridgehead atoms. The van der Waals surface area contributed by atoms with Gasteiger partial charge >= 0.3 is 0 Å². The number of halogens is 2. The van der Waals surface area contributed by atoms with Crippen LogP contribution in [0.1, 0.15) is 47.4 Å². The van der Waals surface area contributed by atoms with E-state index in [2.05, 4.69) is 0 Å². The van der Waals surface area contributed by atoms with Gasteiger partial charge in [-0.15, -0.1) is 0 Å². The van der Waals surface area contributed by atoms with E-state index < -0.39 is 11.7 Å². The highest BCUT2D eigenvalue weighted by atomic mass is 35.5. The minimum atomic E-state index is -0.903. The summed E-state index contributed by atoms with van der Waals surface area (Å²) in [6.45, 7) is 3.84. The number of rotatable bonds is 3. The maximum atomic E-state index is 15.3. The van der Waals surface area contributed by atoms with Crippen LogP contribution < -0.4 is 4.90 Å². The lowest BCUT2D eigenvalue weighted by Crippen LogP contribution is -2.42. The predicted octanol–water partition coefficient (Wildman–Crippen LogP) is 7.65. The molecule has 2 N–H and O–H groups in total. The minimum Gasteiger partial charge on any atom is -0.507 e. The molecular weight excluding hydrogens is 475 g/mol. The minimum absolute atomic E-state index is 0.00491. The lowest BCUT2D eigenvalue weighted by molar-refractivity contribution is -0.116. The summed E-state index contributed by atoms with van der Waals surface area (Å²) in [5.74, 6) is -1.65. The Morgan fingerprint density at radius 2 is 1.78 bits per heavy atom. The number of anilines is 1. The zero-order valence-electron chi connectivity index (χ0n) is 20.1. The van der Waals surface area contributed by atoms with Crippen molar-refractivity contribution in [2.45, 2.75) is 39.0 Å². The fraction of sp³-hybridized carbons (Fsp3) is 0.200. The molecule has 0 amide bonds. The first-order valence-electron chi connectivity index (χ1n) is 11.9. The Balaban J connectivity index is 1.85. The lowest BCUT2D eigenvalue weighted by Gasteiger charge is -2.42. The van der Waals surface area contributed by atoms with E-state index >= 15 is 4.39 Å². The summed E-state index contributed by atoms with van der Waals surface area (Å²) in [6, 6.07) is 19.0. The third-order valence-corrected chi connectivity index (χ3v) is 7.37. The zero-order chi connectivity index (χ0) is 25.6.